The molecule has 0 aromatic heterocycles. The Balaban J connectivity index is 1.60. The van der Waals surface area contributed by atoms with Crippen molar-refractivity contribution in [1.29, 1.82) is 0 Å². The van der Waals surface area contributed by atoms with Crippen LogP contribution in [0.25, 0.3) is 0 Å². The SMILES string of the molecule is COc1ccc(NC2CC(c3ccccc3Br)C2)cc1Br. The number of methoxy groups -OCH3 is 1. The van der Waals surface area contributed by atoms with Crippen LogP contribution in [-0.2, 0) is 0 Å². The first-order chi connectivity index (χ1) is 10.2. The van der Waals surface area contributed by atoms with E-state index in [4.69, 9.17) is 4.74 Å². The first kappa shape index (κ1) is 14.9. The molecule has 0 unspecified atom stereocenters. The molecule has 3 rings (SSSR count). The second-order valence-corrected chi connectivity index (χ2v) is 7.09. The number of ether oxygens (including phenoxy) is 1. The minimum absolute atomic E-state index is 0.544. The fourth-order valence-electron chi connectivity index (χ4n) is 2.79. The van der Waals surface area contributed by atoms with Gasteiger partial charge in [-0.1, -0.05) is 34.1 Å². The van der Waals surface area contributed by atoms with Crippen molar-refractivity contribution in [2.24, 2.45) is 0 Å². The lowest BCUT2D eigenvalue weighted by atomic mass is 9.76. The summed E-state index contributed by atoms with van der Waals surface area (Å²) in [5.41, 5.74) is 2.56. The summed E-state index contributed by atoms with van der Waals surface area (Å²) >= 11 is 7.17. The fourth-order valence-corrected chi connectivity index (χ4v) is 3.94. The van der Waals surface area contributed by atoms with Crippen LogP contribution in [0.15, 0.2) is 51.4 Å². The zero-order chi connectivity index (χ0) is 14.8. The summed E-state index contributed by atoms with van der Waals surface area (Å²) in [5.74, 6) is 1.51. The predicted molar refractivity (Wildman–Crippen MR) is 94.2 cm³/mol. The molecule has 0 spiro atoms. The van der Waals surface area contributed by atoms with Crippen LogP contribution >= 0.6 is 31.9 Å². The Kier molecular flexibility index (Phi) is 4.55. The number of rotatable bonds is 4. The van der Waals surface area contributed by atoms with Crippen LogP contribution in [0.5, 0.6) is 5.75 Å². The van der Waals surface area contributed by atoms with Gasteiger partial charge in [0.25, 0.3) is 0 Å². The molecule has 0 saturated heterocycles. The third-order valence-corrected chi connectivity index (χ3v) is 5.35. The molecule has 0 aliphatic heterocycles. The summed E-state index contributed by atoms with van der Waals surface area (Å²) in [7, 11) is 1.68. The van der Waals surface area contributed by atoms with Gasteiger partial charge >= 0.3 is 0 Å². The van der Waals surface area contributed by atoms with Crippen molar-refractivity contribution < 1.29 is 4.74 Å². The molecule has 1 fully saturated rings. The highest BCUT2D eigenvalue weighted by Gasteiger charge is 2.31. The van der Waals surface area contributed by atoms with Gasteiger partial charge in [0, 0.05) is 16.2 Å². The van der Waals surface area contributed by atoms with E-state index in [1.165, 1.54) is 22.9 Å². The summed E-state index contributed by atoms with van der Waals surface area (Å²) in [6, 6.07) is 15.2. The standard InChI is InChI=1S/C17H17Br2NO/c1-21-17-7-6-12(10-16(17)19)20-13-8-11(9-13)14-4-2-3-5-15(14)18/h2-7,10-11,13,20H,8-9H2,1H3. The highest BCUT2D eigenvalue weighted by Crippen LogP contribution is 2.41. The van der Waals surface area contributed by atoms with E-state index in [1.807, 2.05) is 6.07 Å². The Bertz CT molecular complexity index is 638. The maximum Gasteiger partial charge on any atom is 0.133 e. The van der Waals surface area contributed by atoms with Gasteiger partial charge in [0.15, 0.2) is 0 Å². The van der Waals surface area contributed by atoms with Crippen molar-refractivity contribution in [1.82, 2.24) is 0 Å². The maximum absolute atomic E-state index is 5.25. The molecule has 0 amide bonds. The minimum atomic E-state index is 0.544. The van der Waals surface area contributed by atoms with Crippen molar-refractivity contribution in [2.75, 3.05) is 12.4 Å². The van der Waals surface area contributed by atoms with Crippen LogP contribution in [0.4, 0.5) is 5.69 Å². The molecule has 21 heavy (non-hydrogen) atoms. The third-order valence-electron chi connectivity index (χ3n) is 4.01. The molecule has 0 radical (unpaired) electrons. The Morgan fingerprint density at radius 1 is 1.05 bits per heavy atom. The molecule has 2 aromatic rings. The van der Waals surface area contributed by atoms with Gasteiger partial charge in [0.1, 0.15) is 5.75 Å². The molecule has 1 aliphatic rings. The number of halogens is 2. The molecule has 2 nitrogen and oxygen atoms in total. The molecular formula is C17H17Br2NO. The summed E-state index contributed by atoms with van der Waals surface area (Å²) < 4.78 is 7.46. The van der Waals surface area contributed by atoms with E-state index in [-0.39, 0.29) is 0 Å². The first-order valence-electron chi connectivity index (χ1n) is 7.02. The molecule has 1 N–H and O–H groups in total. The van der Waals surface area contributed by atoms with E-state index >= 15 is 0 Å². The van der Waals surface area contributed by atoms with E-state index in [2.05, 4.69) is 73.6 Å². The minimum Gasteiger partial charge on any atom is -0.496 e. The monoisotopic (exact) mass is 409 g/mol. The zero-order valence-electron chi connectivity index (χ0n) is 11.8. The Labute approximate surface area is 142 Å². The second kappa shape index (κ2) is 6.41. The topological polar surface area (TPSA) is 21.3 Å². The third kappa shape index (κ3) is 3.27. The highest BCUT2D eigenvalue weighted by atomic mass is 79.9. The maximum atomic E-state index is 5.25. The van der Waals surface area contributed by atoms with Gasteiger partial charge in [-0.25, -0.2) is 0 Å². The lowest BCUT2D eigenvalue weighted by molar-refractivity contribution is 0.373. The number of benzene rings is 2. The average molecular weight is 411 g/mol. The largest absolute Gasteiger partial charge is 0.496 e. The number of hydrogen-bond donors (Lipinski definition) is 1. The molecule has 2 aromatic carbocycles. The highest BCUT2D eigenvalue weighted by molar-refractivity contribution is 9.10. The number of hydrogen-bond acceptors (Lipinski definition) is 2. The molecule has 4 heteroatoms. The lowest BCUT2D eigenvalue weighted by Crippen LogP contribution is -2.34. The van der Waals surface area contributed by atoms with Crippen molar-refractivity contribution in [2.45, 2.75) is 24.8 Å². The lowest BCUT2D eigenvalue weighted by Gasteiger charge is -2.37. The smallest absolute Gasteiger partial charge is 0.133 e. The van der Waals surface area contributed by atoms with Gasteiger partial charge < -0.3 is 10.1 Å². The van der Waals surface area contributed by atoms with Crippen LogP contribution in [0, 0.1) is 0 Å². The first-order valence-corrected chi connectivity index (χ1v) is 8.60. The van der Waals surface area contributed by atoms with Crippen LogP contribution in [-0.4, -0.2) is 13.2 Å². The Morgan fingerprint density at radius 3 is 2.48 bits per heavy atom. The second-order valence-electron chi connectivity index (χ2n) is 5.38. The Morgan fingerprint density at radius 2 is 1.81 bits per heavy atom. The molecule has 0 heterocycles. The summed E-state index contributed by atoms with van der Waals surface area (Å²) in [5, 5.41) is 3.59. The summed E-state index contributed by atoms with van der Waals surface area (Å²) in [6.07, 6.45) is 2.35. The zero-order valence-corrected chi connectivity index (χ0v) is 14.9. The van der Waals surface area contributed by atoms with Gasteiger partial charge in [-0.05, 0) is 64.5 Å². The molecular weight excluding hydrogens is 394 g/mol. The fraction of sp³-hybridized carbons (Fsp3) is 0.294. The molecule has 110 valence electrons. The van der Waals surface area contributed by atoms with Crippen molar-refractivity contribution in [3.05, 3.63) is 57.0 Å². The number of anilines is 1. The Hall–Kier alpha value is -1.000. The van der Waals surface area contributed by atoms with Gasteiger partial charge in [-0.2, -0.15) is 0 Å². The quantitative estimate of drug-likeness (QED) is 0.710. The normalized spacial score (nSPS) is 20.7. The van der Waals surface area contributed by atoms with Crippen molar-refractivity contribution in [3.63, 3.8) is 0 Å². The van der Waals surface area contributed by atoms with Gasteiger partial charge in [-0.15, -0.1) is 0 Å². The van der Waals surface area contributed by atoms with Crippen LogP contribution in [0.3, 0.4) is 0 Å². The van der Waals surface area contributed by atoms with Crippen LogP contribution in [0.2, 0.25) is 0 Å². The molecule has 0 atom stereocenters. The summed E-state index contributed by atoms with van der Waals surface area (Å²) in [6.45, 7) is 0. The van der Waals surface area contributed by atoms with E-state index in [9.17, 15) is 0 Å². The van der Waals surface area contributed by atoms with E-state index in [0.717, 1.165) is 15.9 Å². The number of nitrogens with one attached hydrogen (secondary N) is 1. The van der Waals surface area contributed by atoms with E-state index in [0.29, 0.717) is 12.0 Å². The molecule has 0 bridgehead atoms. The predicted octanol–water partition coefficient (Wildman–Crippen LogP) is 5.58. The van der Waals surface area contributed by atoms with E-state index in [1.54, 1.807) is 7.11 Å². The molecule has 1 aliphatic carbocycles. The van der Waals surface area contributed by atoms with E-state index < -0.39 is 0 Å². The van der Waals surface area contributed by atoms with Crippen molar-refractivity contribution in [3.8, 4) is 5.75 Å². The summed E-state index contributed by atoms with van der Waals surface area (Å²) in [4.78, 5) is 0. The van der Waals surface area contributed by atoms with Gasteiger partial charge in [0.2, 0.25) is 0 Å². The van der Waals surface area contributed by atoms with Crippen LogP contribution in [0.1, 0.15) is 24.3 Å². The average Bonchev–Trinajstić information content (AvgIpc) is 2.44. The van der Waals surface area contributed by atoms with Crippen LogP contribution < -0.4 is 10.1 Å². The van der Waals surface area contributed by atoms with Crippen molar-refractivity contribution >= 4 is 37.5 Å². The van der Waals surface area contributed by atoms with Gasteiger partial charge in [0.05, 0.1) is 11.6 Å². The van der Waals surface area contributed by atoms with Gasteiger partial charge in [-0.3, -0.25) is 0 Å². The molecule has 1 saturated carbocycles.